The Kier molecular flexibility index (Phi) is 5.12. The SMILES string of the molecule is Cc1cc2oc(C(=O)N(Cc3cccc(Cl)c3)c3ccccn3)c(C)c2cc1C. The molecule has 0 saturated heterocycles. The van der Waals surface area contributed by atoms with Crippen molar-refractivity contribution < 1.29 is 9.21 Å². The molecule has 0 N–H and O–H groups in total. The van der Waals surface area contributed by atoms with Crippen LogP contribution in [0.5, 0.6) is 0 Å². The number of halogens is 1. The number of hydrogen-bond donors (Lipinski definition) is 0. The van der Waals surface area contributed by atoms with Gasteiger partial charge in [-0.15, -0.1) is 0 Å². The molecule has 0 radical (unpaired) electrons. The van der Waals surface area contributed by atoms with Crippen molar-refractivity contribution in [2.24, 2.45) is 0 Å². The Hall–Kier alpha value is -3.11. The Balaban J connectivity index is 1.79. The van der Waals surface area contributed by atoms with Gasteiger partial charge in [0.05, 0.1) is 6.54 Å². The molecule has 4 nitrogen and oxygen atoms in total. The number of carbonyl (C=O) groups is 1. The van der Waals surface area contributed by atoms with Gasteiger partial charge >= 0.3 is 0 Å². The average Bonchev–Trinajstić information content (AvgIpc) is 3.02. The number of anilines is 1. The van der Waals surface area contributed by atoms with Gasteiger partial charge < -0.3 is 4.42 Å². The minimum atomic E-state index is -0.229. The minimum absolute atomic E-state index is 0.229. The van der Waals surface area contributed by atoms with Crippen LogP contribution in [-0.2, 0) is 6.54 Å². The molecule has 29 heavy (non-hydrogen) atoms. The summed E-state index contributed by atoms with van der Waals surface area (Å²) in [5, 5.41) is 1.59. The molecule has 0 fully saturated rings. The Morgan fingerprint density at radius 2 is 1.83 bits per heavy atom. The van der Waals surface area contributed by atoms with Crippen molar-refractivity contribution in [1.29, 1.82) is 0 Å². The summed E-state index contributed by atoms with van der Waals surface area (Å²) < 4.78 is 6.02. The normalized spacial score (nSPS) is 11.0. The van der Waals surface area contributed by atoms with Crippen molar-refractivity contribution in [3.8, 4) is 0 Å². The second kappa shape index (κ2) is 7.72. The minimum Gasteiger partial charge on any atom is -0.451 e. The van der Waals surface area contributed by atoms with Crippen LogP contribution in [0, 0.1) is 20.8 Å². The second-order valence-corrected chi connectivity index (χ2v) is 7.63. The molecule has 0 saturated carbocycles. The van der Waals surface area contributed by atoms with Crippen LogP contribution in [0.25, 0.3) is 11.0 Å². The van der Waals surface area contributed by atoms with Crippen molar-refractivity contribution >= 4 is 34.3 Å². The van der Waals surface area contributed by atoms with E-state index in [0.29, 0.717) is 23.1 Å². The lowest BCUT2D eigenvalue weighted by Gasteiger charge is -2.21. The first-order valence-corrected chi connectivity index (χ1v) is 9.79. The predicted octanol–water partition coefficient (Wildman–Crippen LogP) is 6.25. The summed E-state index contributed by atoms with van der Waals surface area (Å²) in [6.45, 7) is 6.35. The van der Waals surface area contributed by atoms with Gasteiger partial charge in [0.15, 0.2) is 5.76 Å². The number of carbonyl (C=O) groups excluding carboxylic acids is 1. The standard InChI is InChI=1S/C24H21ClN2O2/c1-15-11-20-17(3)23(29-21(20)12-16(15)2)24(28)27(22-9-4-5-10-26-22)14-18-7-6-8-19(25)13-18/h4-13H,14H2,1-3H3. The van der Waals surface area contributed by atoms with Gasteiger partial charge in [-0.2, -0.15) is 0 Å². The highest BCUT2D eigenvalue weighted by Crippen LogP contribution is 2.30. The van der Waals surface area contributed by atoms with Crippen molar-refractivity contribution in [3.05, 3.63) is 93.8 Å². The van der Waals surface area contributed by atoms with E-state index in [1.807, 2.05) is 62.4 Å². The van der Waals surface area contributed by atoms with Gasteiger partial charge in [0, 0.05) is 22.2 Å². The molecular formula is C24H21ClN2O2. The third kappa shape index (κ3) is 3.76. The van der Waals surface area contributed by atoms with Crippen LogP contribution in [0.1, 0.15) is 32.8 Å². The molecule has 146 valence electrons. The third-order valence-electron chi connectivity index (χ3n) is 5.15. The van der Waals surface area contributed by atoms with E-state index in [2.05, 4.69) is 18.0 Å². The number of fused-ring (bicyclic) bond motifs is 1. The van der Waals surface area contributed by atoms with Gasteiger partial charge in [-0.25, -0.2) is 4.98 Å². The highest BCUT2D eigenvalue weighted by Gasteiger charge is 2.26. The van der Waals surface area contributed by atoms with E-state index in [4.69, 9.17) is 16.0 Å². The Bertz CT molecular complexity index is 1200. The summed E-state index contributed by atoms with van der Waals surface area (Å²) in [5.41, 5.74) is 4.77. The van der Waals surface area contributed by atoms with E-state index < -0.39 is 0 Å². The molecule has 0 bridgehead atoms. The van der Waals surface area contributed by atoms with Gasteiger partial charge in [-0.1, -0.05) is 29.8 Å². The maximum Gasteiger partial charge on any atom is 0.295 e. The molecular weight excluding hydrogens is 384 g/mol. The molecule has 0 atom stereocenters. The number of amides is 1. The van der Waals surface area contributed by atoms with E-state index in [9.17, 15) is 4.79 Å². The molecule has 0 unspecified atom stereocenters. The molecule has 0 spiro atoms. The van der Waals surface area contributed by atoms with Crippen LogP contribution in [0.3, 0.4) is 0 Å². The fourth-order valence-corrected chi connectivity index (χ4v) is 3.60. The Labute approximate surface area is 174 Å². The smallest absolute Gasteiger partial charge is 0.295 e. The maximum atomic E-state index is 13.6. The summed E-state index contributed by atoms with van der Waals surface area (Å²) >= 11 is 6.14. The summed E-state index contributed by atoms with van der Waals surface area (Å²) in [7, 11) is 0. The second-order valence-electron chi connectivity index (χ2n) is 7.20. The van der Waals surface area contributed by atoms with Crippen molar-refractivity contribution in [2.45, 2.75) is 27.3 Å². The zero-order valence-corrected chi connectivity index (χ0v) is 17.3. The monoisotopic (exact) mass is 404 g/mol. The number of nitrogens with zero attached hydrogens (tertiary/aromatic N) is 2. The number of rotatable bonds is 4. The fourth-order valence-electron chi connectivity index (χ4n) is 3.39. The average molecular weight is 405 g/mol. The number of aromatic nitrogens is 1. The van der Waals surface area contributed by atoms with E-state index in [1.54, 1.807) is 11.1 Å². The summed E-state index contributed by atoms with van der Waals surface area (Å²) in [6.07, 6.45) is 1.67. The third-order valence-corrected chi connectivity index (χ3v) is 5.38. The zero-order valence-electron chi connectivity index (χ0n) is 16.6. The summed E-state index contributed by atoms with van der Waals surface area (Å²) in [4.78, 5) is 19.6. The van der Waals surface area contributed by atoms with Gasteiger partial charge in [0.25, 0.3) is 5.91 Å². The number of benzene rings is 2. The lowest BCUT2D eigenvalue weighted by molar-refractivity contribution is 0.0959. The number of hydrogen-bond acceptors (Lipinski definition) is 3. The highest BCUT2D eigenvalue weighted by molar-refractivity contribution is 6.30. The largest absolute Gasteiger partial charge is 0.451 e. The molecule has 5 heteroatoms. The first kappa shape index (κ1) is 19.2. The lowest BCUT2D eigenvalue weighted by Crippen LogP contribution is -2.31. The van der Waals surface area contributed by atoms with Crippen molar-refractivity contribution in [2.75, 3.05) is 4.90 Å². The summed E-state index contributed by atoms with van der Waals surface area (Å²) in [6, 6.07) is 17.0. The number of pyridine rings is 1. The quantitative estimate of drug-likeness (QED) is 0.403. The molecule has 1 amide bonds. The molecule has 4 aromatic rings. The molecule has 0 aliphatic heterocycles. The fraction of sp³-hybridized carbons (Fsp3) is 0.167. The van der Waals surface area contributed by atoms with Gasteiger partial charge in [-0.3, -0.25) is 9.69 Å². The molecule has 2 aromatic heterocycles. The number of aryl methyl sites for hydroxylation is 3. The Morgan fingerprint density at radius 1 is 1.03 bits per heavy atom. The van der Waals surface area contributed by atoms with E-state index in [1.165, 1.54) is 5.56 Å². The highest BCUT2D eigenvalue weighted by atomic mass is 35.5. The maximum absolute atomic E-state index is 13.6. The van der Waals surface area contributed by atoms with E-state index in [-0.39, 0.29) is 5.91 Å². The topological polar surface area (TPSA) is 46.3 Å². The van der Waals surface area contributed by atoms with Crippen LogP contribution >= 0.6 is 11.6 Å². The van der Waals surface area contributed by atoms with Gasteiger partial charge in [0.2, 0.25) is 0 Å². The van der Waals surface area contributed by atoms with Crippen LogP contribution in [0.15, 0.2) is 65.2 Å². The first-order valence-electron chi connectivity index (χ1n) is 9.41. The number of furan rings is 1. The molecule has 4 rings (SSSR count). The first-order chi connectivity index (χ1) is 13.9. The van der Waals surface area contributed by atoms with Gasteiger partial charge in [-0.05, 0) is 73.9 Å². The van der Waals surface area contributed by atoms with Crippen LogP contribution < -0.4 is 4.90 Å². The zero-order chi connectivity index (χ0) is 20.5. The van der Waals surface area contributed by atoms with Crippen LogP contribution in [0.4, 0.5) is 5.82 Å². The summed E-state index contributed by atoms with van der Waals surface area (Å²) in [5.74, 6) is 0.662. The molecule has 2 aromatic carbocycles. The lowest BCUT2D eigenvalue weighted by atomic mass is 10.0. The molecule has 0 aliphatic carbocycles. The van der Waals surface area contributed by atoms with Crippen LogP contribution in [0.2, 0.25) is 5.02 Å². The predicted molar refractivity (Wildman–Crippen MR) is 117 cm³/mol. The Morgan fingerprint density at radius 3 is 2.55 bits per heavy atom. The van der Waals surface area contributed by atoms with E-state index >= 15 is 0 Å². The van der Waals surface area contributed by atoms with Gasteiger partial charge in [0.1, 0.15) is 11.4 Å². The van der Waals surface area contributed by atoms with Crippen molar-refractivity contribution in [1.82, 2.24) is 4.98 Å². The molecule has 0 aliphatic rings. The van der Waals surface area contributed by atoms with E-state index in [0.717, 1.165) is 27.7 Å². The van der Waals surface area contributed by atoms with Crippen LogP contribution in [-0.4, -0.2) is 10.9 Å². The van der Waals surface area contributed by atoms with Crippen molar-refractivity contribution in [3.63, 3.8) is 0 Å². The molecule has 2 heterocycles.